The van der Waals surface area contributed by atoms with Crippen LogP contribution in [0.5, 0.6) is 5.75 Å². The number of pyridine rings is 1. The Morgan fingerprint density at radius 2 is 1.81 bits per heavy atom. The number of anilines is 2. The number of hydrogen-bond donors (Lipinski definition) is 0. The van der Waals surface area contributed by atoms with Gasteiger partial charge in [0.05, 0.1) is 0 Å². The van der Waals surface area contributed by atoms with E-state index in [1.54, 1.807) is 18.1 Å². The van der Waals surface area contributed by atoms with Gasteiger partial charge in [-0.25, -0.2) is 4.98 Å². The standard InChI is InChI=1S/C17H19F3N2O3S/c1-5-13-9-14(25-26(23,24)17(18,19)20)6-7-15(13)22(4)16-8-11(2)12(3)10-21-16/h6-10H,5H2,1-4H3. The number of aryl methyl sites for hydroxylation is 3. The van der Waals surface area contributed by atoms with Gasteiger partial charge < -0.3 is 9.08 Å². The molecule has 5 nitrogen and oxygen atoms in total. The largest absolute Gasteiger partial charge is 0.534 e. The molecule has 0 spiro atoms. The molecule has 0 unspecified atom stereocenters. The Morgan fingerprint density at radius 1 is 1.15 bits per heavy atom. The quantitative estimate of drug-likeness (QED) is 0.566. The van der Waals surface area contributed by atoms with E-state index >= 15 is 0 Å². The summed E-state index contributed by atoms with van der Waals surface area (Å²) >= 11 is 0. The zero-order valence-corrected chi connectivity index (χ0v) is 15.6. The third-order valence-electron chi connectivity index (χ3n) is 3.98. The minimum absolute atomic E-state index is 0.385. The van der Waals surface area contributed by atoms with Crippen molar-refractivity contribution < 1.29 is 25.8 Å². The summed E-state index contributed by atoms with van der Waals surface area (Å²) < 4.78 is 63.9. The summed E-state index contributed by atoms with van der Waals surface area (Å²) in [6.07, 6.45) is 2.20. The van der Waals surface area contributed by atoms with Crippen LogP contribution < -0.4 is 9.08 Å². The summed E-state index contributed by atoms with van der Waals surface area (Å²) in [6.45, 7) is 5.70. The van der Waals surface area contributed by atoms with Gasteiger partial charge in [0.25, 0.3) is 0 Å². The third kappa shape index (κ3) is 4.09. The lowest BCUT2D eigenvalue weighted by atomic mass is 10.1. The van der Waals surface area contributed by atoms with Gasteiger partial charge in [-0.15, -0.1) is 0 Å². The fraction of sp³-hybridized carbons (Fsp3) is 0.353. The lowest BCUT2D eigenvalue weighted by molar-refractivity contribution is -0.0500. The molecule has 1 heterocycles. The predicted molar refractivity (Wildman–Crippen MR) is 93.2 cm³/mol. The van der Waals surface area contributed by atoms with E-state index in [2.05, 4.69) is 9.17 Å². The Hall–Kier alpha value is -2.29. The summed E-state index contributed by atoms with van der Waals surface area (Å²) in [5.41, 5.74) is -2.06. The molecule has 0 saturated carbocycles. The van der Waals surface area contributed by atoms with Gasteiger partial charge in [-0.05, 0) is 61.2 Å². The molecular weight excluding hydrogens is 369 g/mol. The maximum Gasteiger partial charge on any atom is 0.534 e. The van der Waals surface area contributed by atoms with Gasteiger partial charge in [-0.1, -0.05) is 6.92 Å². The van der Waals surface area contributed by atoms with E-state index in [0.29, 0.717) is 23.5 Å². The lowest BCUT2D eigenvalue weighted by Crippen LogP contribution is -2.28. The van der Waals surface area contributed by atoms with Crippen molar-refractivity contribution in [2.24, 2.45) is 0 Å². The van der Waals surface area contributed by atoms with Crippen LogP contribution in [0.3, 0.4) is 0 Å². The maximum atomic E-state index is 12.5. The molecule has 2 aromatic rings. The van der Waals surface area contributed by atoms with E-state index in [9.17, 15) is 21.6 Å². The number of halogens is 3. The zero-order chi connectivity index (χ0) is 19.7. The van der Waals surface area contributed by atoms with Gasteiger partial charge in [-0.3, -0.25) is 0 Å². The van der Waals surface area contributed by atoms with Crippen molar-refractivity contribution in [1.29, 1.82) is 0 Å². The van der Waals surface area contributed by atoms with Gasteiger partial charge in [0.15, 0.2) is 0 Å². The van der Waals surface area contributed by atoms with Crippen LogP contribution in [0.2, 0.25) is 0 Å². The number of rotatable bonds is 5. The van der Waals surface area contributed by atoms with Gasteiger partial charge in [0.1, 0.15) is 11.6 Å². The molecule has 142 valence electrons. The number of alkyl halides is 3. The summed E-state index contributed by atoms with van der Waals surface area (Å²) in [7, 11) is -3.92. The molecule has 1 aromatic heterocycles. The normalized spacial score (nSPS) is 12.1. The second-order valence-corrected chi connectivity index (χ2v) is 7.35. The van der Waals surface area contributed by atoms with Crippen molar-refractivity contribution in [3.05, 3.63) is 47.2 Å². The molecule has 0 aliphatic rings. The molecule has 0 N–H and O–H groups in total. The Morgan fingerprint density at radius 3 is 2.35 bits per heavy atom. The van der Waals surface area contributed by atoms with Crippen molar-refractivity contribution in [2.75, 3.05) is 11.9 Å². The van der Waals surface area contributed by atoms with Crippen LogP contribution in [-0.4, -0.2) is 26.0 Å². The summed E-state index contributed by atoms with van der Waals surface area (Å²) in [6, 6.07) is 5.88. The van der Waals surface area contributed by atoms with E-state index in [0.717, 1.165) is 11.1 Å². The fourth-order valence-electron chi connectivity index (χ4n) is 2.31. The maximum absolute atomic E-state index is 12.5. The minimum Gasteiger partial charge on any atom is -0.376 e. The highest BCUT2D eigenvalue weighted by Crippen LogP contribution is 2.32. The first kappa shape index (κ1) is 20.0. The Labute approximate surface area is 150 Å². The molecule has 0 saturated heterocycles. The van der Waals surface area contributed by atoms with E-state index in [-0.39, 0.29) is 5.75 Å². The Kier molecular flexibility index (Phi) is 5.50. The second kappa shape index (κ2) is 7.14. The first-order chi connectivity index (χ1) is 12.0. The highest BCUT2D eigenvalue weighted by molar-refractivity contribution is 7.88. The highest BCUT2D eigenvalue weighted by atomic mass is 32.2. The first-order valence-corrected chi connectivity index (χ1v) is 9.17. The topological polar surface area (TPSA) is 59.5 Å². The molecular formula is C17H19F3N2O3S. The first-order valence-electron chi connectivity index (χ1n) is 7.77. The van der Waals surface area contributed by atoms with Crippen LogP contribution in [0.4, 0.5) is 24.7 Å². The van der Waals surface area contributed by atoms with E-state index in [1.807, 2.05) is 26.8 Å². The van der Waals surface area contributed by atoms with Gasteiger partial charge in [0.2, 0.25) is 0 Å². The van der Waals surface area contributed by atoms with Crippen LogP contribution in [0.25, 0.3) is 0 Å². The summed E-state index contributed by atoms with van der Waals surface area (Å²) in [4.78, 5) is 6.14. The van der Waals surface area contributed by atoms with Crippen molar-refractivity contribution in [1.82, 2.24) is 4.98 Å². The molecule has 0 atom stereocenters. The van der Waals surface area contributed by atoms with E-state index in [4.69, 9.17) is 0 Å². The fourth-order valence-corrected chi connectivity index (χ4v) is 2.77. The monoisotopic (exact) mass is 388 g/mol. The number of aromatic nitrogens is 1. The Bertz CT molecular complexity index is 912. The average molecular weight is 388 g/mol. The molecule has 0 fully saturated rings. The predicted octanol–water partition coefficient (Wildman–Crippen LogP) is 4.26. The third-order valence-corrected chi connectivity index (χ3v) is 4.96. The minimum atomic E-state index is -5.70. The van der Waals surface area contributed by atoms with E-state index in [1.165, 1.54) is 18.2 Å². The molecule has 0 aliphatic carbocycles. The van der Waals surface area contributed by atoms with Crippen molar-refractivity contribution in [3.63, 3.8) is 0 Å². The molecule has 9 heteroatoms. The molecule has 0 radical (unpaired) electrons. The van der Waals surface area contributed by atoms with Gasteiger partial charge >= 0.3 is 15.6 Å². The van der Waals surface area contributed by atoms with Gasteiger partial charge in [-0.2, -0.15) is 21.6 Å². The Balaban J connectivity index is 2.38. The smallest absolute Gasteiger partial charge is 0.376 e. The number of nitrogens with zero attached hydrogens (tertiary/aromatic N) is 2. The zero-order valence-electron chi connectivity index (χ0n) is 14.8. The molecule has 0 aliphatic heterocycles. The van der Waals surface area contributed by atoms with Gasteiger partial charge in [0, 0.05) is 18.9 Å². The van der Waals surface area contributed by atoms with Crippen LogP contribution in [0.1, 0.15) is 23.6 Å². The van der Waals surface area contributed by atoms with Crippen LogP contribution >= 0.6 is 0 Å². The average Bonchev–Trinajstić information content (AvgIpc) is 2.55. The number of benzene rings is 1. The van der Waals surface area contributed by atoms with Crippen molar-refractivity contribution in [2.45, 2.75) is 32.7 Å². The van der Waals surface area contributed by atoms with Crippen LogP contribution in [0, 0.1) is 13.8 Å². The summed E-state index contributed by atoms with van der Waals surface area (Å²) in [5, 5.41) is 0. The molecule has 0 bridgehead atoms. The highest BCUT2D eigenvalue weighted by Gasteiger charge is 2.48. The van der Waals surface area contributed by atoms with Crippen molar-refractivity contribution in [3.8, 4) is 5.75 Å². The second-order valence-electron chi connectivity index (χ2n) is 5.81. The van der Waals surface area contributed by atoms with Crippen LogP contribution in [-0.2, 0) is 16.5 Å². The van der Waals surface area contributed by atoms with E-state index < -0.39 is 15.6 Å². The molecule has 2 rings (SSSR count). The molecule has 26 heavy (non-hydrogen) atoms. The molecule has 0 amide bonds. The van der Waals surface area contributed by atoms with Crippen molar-refractivity contribution >= 4 is 21.6 Å². The lowest BCUT2D eigenvalue weighted by Gasteiger charge is -2.22. The molecule has 1 aromatic carbocycles. The SMILES string of the molecule is CCc1cc(OS(=O)(=O)C(F)(F)F)ccc1N(C)c1cc(C)c(C)cn1. The summed E-state index contributed by atoms with van der Waals surface area (Å²) in [5.74, 6) is 0.281. The van der Waals surface area contributed by atoms with Crippen LogP contribution in [0.15, 0.2) is 30.5 Å². The number of hydrogen-bond acceptors (Lipinski definition) is 5.